The van der Waals surface area contributed by atoms with Crippen LogP contribution in [0.1, 0.15) is 28.4 Å². The molecule has 0 aliphatic heterocycles. The van der Waals surface area contributed by atoms with Gasteiger partial charge in [0, 0.05) is 30.8 Å². The van der Waals surface area contributed by atoms with Gasteiger partial charge in [0.2, 0.25) is 11.8 Å². The number of amidine groups is 1. The Labute approximate surface area is 211 Å². The maximum absolute atomic E-state index is 12.9. The van der Waals surface area contributed by atoms with Crippen LogP contribution in [-0.4, -0.2) is 73.7 Å². The predicted molar refractivity (Wildman–Crippen MR) is 141 cm³/mol. The molecule has 2 rings (SSSR count). The molecule has 0 unspecified atom stereocenters. The zero-order chi connectivity index (χ0) is 26.7. The number of carbonyl (C=O) groups excluding carboxylic acids is 3. The maximum atomic E-state index is 12.9. The van der Waals surface area contributed by atoms with Gasteiger partial charge in [-0.2, -0.15) is 0 Å². The van der Waals surface area contributed by atoms with Crippen LogP contribution in [0.25, 0.3) is 6.08 Å². The number of carbonyl (C=O) groups is 3. The molecule has 0 aliphatic carbocycles. The van der Waals surface area contributed by atoms with E-state index in [2.05, 4.69) is 11.9 Å². The first-order valence-electron chi connectivity index (χ1n) is 11.4. The molecule has 0 saturated carbocycles. The molecule has 9 heteroatoms. The summed E-state index contributed by atoms with van der Waals surface area (Å²) in [6.07, 6.45) is 3.27. The quantitative estimate of drug-likeness (QED) is 0.104. The summed E-state index contributed by atoms with van der Waals surface area (Å²) >= 11 is 0. The minimum Gasteiger partial charge on any atom is -0.423 e. The summed E-state index contributed by atoms with van der Waals surface area (Å²) in [5.74, 6) is -0.787. The van der Waals surface area contributed by atoms with E-state index in [0.29, 0.717) is 35.5 Å². The number of nitrogens with zero attached hydrogens (tertiary/aromatic N) is 2. The number of nitrogens with one attached hydrogen (secondary N) is 2. The molecule has 2 aromatic carbocycles. The van der Waals surface area contributed by atoms with Gasteiger partial charge in [-0.25, -0.2) is 4.79 Å². The highest BCUT2D eigenvalue weighted by atomic mass is 16.5. The molecule has 9 nitrogen and oxygen atoms in total. The van der Waals surface area contributed by atoms with Crippen LogP contribution >= 0.6 is 0 Å². The minimum atomic E-state index is -0.536. The number of hydrogen-bond acceptors (Lipinski definition) is 6. The number of rotatable bonds is 12. The van der Waals surface area contributed by atoms with Gasteiger partial charge in [-0.1, -0.05) is 18.2 Å². The van der Waals surface area contributed by atoms with Crippen molar-refractivity contribution in [1.29, 1.82) is 5.41 Å². The van der Waals surface area contributed by atoms with Gasteiger partial charge in [0.1, 0.15) is 18.1 Å². The maximum Gasteiger partial charge on any atom is 0.343 e. The molecule has 0 aromatic heterocycles. The minimum absolute atomic E-state index is 0.0678. The number of nitrogen functional groups attached to an aromatic ring is 1. The summed E-state index contributed by atoms with van der Waals surface area (Å²) < 4.78 is 5.35. The summed E-state index contributed by atoms with van der Waals surface area (Å²) in [6.45, 7) is 6.72. The Bertz CT molecular complexity index is 1120. The van der Waals surface area contributed by atoms with Gasteiger partial charge in [0.25, 0.3) is 0 Å². The zero-order valence-electron chi connectivity index (χ0n) is 20.9. The highest BCUT2D eigenvalue weighted by Gasteiger charge is 2.17. The molecule has 0 atom stereocenters. The van der Waals surface area contributed by atoms with E-state index < -0.39 is 5.97 Å². The molecular formula is C27H33N5O4. The average Bonchev–Trinajstić information content (AvgIpc) is 2.83. The van der Waals surface area contributed by atoms with Crippen LogP contribution in [0, 0.1) is 5.41 Å². The van der Waals surface area contributed by atoms with Crippen LogP contribution in [0.4, 0.5) is 0 Å². The van der Waals surface area contributed by atoms with E-state index in [1.807, 2.05) is 19.0 Å². The lowest BCUT2D eigenvalue weighted by Gasteiger charge is -2.21. The second-order valence-corrected chi connectivity index (χ2v) is 8.40. The third-order valence-electron chi connectivity index (χ3n) is 5.10. The molecule has 0 saturated heterocycles. The van der Waals surface area contributed by atoms with Crippen molar-refractivity contribution in [3.8, 4) is 5.75 Å². The van der Waals surface area contributed by atoms with Crippen molar-refractivity contribution >= 4 is 29.7 Å². The Kier molecular flexibility index (Phi) is 10.6. The van der Waals surface area contributed by atoms with Gasteiger partial charge in [0.05, 0.1) is 5.56 Å². The highest BCUT2D eigenvalue weighted by Crippen LogP contribution is 2.16. The molecule has 2 aromatic rings. The largest absolute Gasteiger partial charge is 0.423 e. The fourth-order valence-electron chi connectivity index (χ4n) is 3.17. The second-order valence-electron chi connectivity index (χ2n) is 8.40. The van der Waals surface area contributed by atoms with E-state index in [4.69, 9.17) is 15.9 Å². The molecule has 0 spiro atoms. The fourth-order valence-corrected chi connectivity index (χ4v) is 3.17. The number of esters is 1. The predicted octanol–water partition coefficient (Wildman–Crippen LogP) is 2.29. The summed E-state index contributed by atoms with van der Waals surface area (Å²) in [4.78, 5) is 41.0. The van der Waals surface area contributed by atoms with Crippen LogP contribution in [0.15, 0.2) is 66.8 Å². The van der Waals surface area contributed by atoms with E-state index in [9.17, 15) is 14.4 Å². The number of benzene rings is 2. The lowest BCUT2D eigenvalue weighted by atomic mass is 10.1. The van der Waals surface area contributed by atoms with Gasteiger partial charge in [-0.3, -0.25) is 15.0 Å². The molecule has 0 bridgehead atoms. The first kappa shape index (κ1) is 28.0. The molecule has 0 heterocycles. The number of ether oxygens (including phenoxy) is 1. The van der Waals surface area contributed by atoms with Crippen molar-refractivity contribution in [2.45, 2.75) is 6.92 Å². The normalized spacial score (nSPS) is 11.1. The number of amides is 2. The average molecular weight is 492 g/mol. The van der Waals surface area contributed by atoms with Gasteiger partial charge < -0.3 is 25.6 Å². The summed E-state index contributed by atoms with van der Waals surface area (Å²) in [7, 11) is 3.83. The summed E-state index contributed by atoms with van der Waals surface area (Å²) in [6, 6.07) is 13.0. The van der Waals surface area contributed by atoms with Crippen molar-refractivity contribution in [1.82, 2.24) is 15.1 Å². The summed E-state index contributed by atoms with van der Waals surface area (Å²) in [5, 5.41) is 10.2. The Morgan fingerprint density at radius 2 is 1.67 bits per heavy atom. The van der Waals surface area contributed by atoms with Gasteiger partial charge in [0.15, 0.2) is 0 Å². The van der Waals surface area contributed by atoms with Crippen LogP contribution in [0.2, 0.25) is 0 Å². The van der Waals surface area contributed by atoms with Crippen molar-refractivity contribution in [2.24, 2.45) is 5.73 Å². The van der Waals surface area contributed by atoms with E-state index >= 15 is 0 Å². The van der Waals surface area contributed by atoms with Crippen molar-refractivity contribution < 1.29 is 19.1 Å². The molecular weight excluding hydrogens is 458 g/mol. The highest BCUT2D eigenvalue weighted by molar-refractivity contribution is 5.99. The lowest BCUT2D eigenvalue weighted by molar-refractivity contribution is -0.132. The van der Waals surface area contributed by atoms with Gasteiger partial charge >= 0.3 is 5.97 Å². The van der Waals surface area contributed by atoms with Gasteiger partial charge in [-0.15, -0.1) is 6.58 Å². The second kappa shape index (κ2) is 13.6. The molecule has 0 radical (unpaired) electrons. The topological polar surface area (TPSA) is 129 Å². The zero-order valence-corrected chi connectivity index (χ0v) is 20.9. The van der Waals surface area contributed by atoms with Crippen LogP contribution in [0.5, 0.6) is 5.75 Å². The van der Waals surface area contributed by atoms with Crippen LogP contribution in [-0.2, 0) is 9.59 Å². The Hall–Kier alpha value is -4.24. The number of hydrogen-bond donors (Lipinski definition) is 3. The molecule has 0 aliphatic rings. The van der Waals surface area contributed by atoms with E-state index in [0.717, 1.165) is 5.56 Å². The third kappa shape index (κ3) is 8.84. The van der Waals surface area contributed by atoms with E-state index in [-0.39, 0.29) is 30.7 Å². The van der Waals surface area contributed by atoms with Crippen LogP contribution < -0.4 is 15.8 Å². The SMILES string of the molecule is C=CCN(CC(=O)NCCN(C)C)C(=O)/C(C)=C/c1ccc(C(=O)Oc2ccc(C(=N)N)cc2)cc1. The van der Waals surface area contributed by atoms with Crippen molar-refractivity contribution in [3.63, 3.8) is 0 Å². The van der Waals surface area contributed by atoms with Crippen LogP contribution in [0.3, 0.4) is 0 Å². The van der Waals surface area contributed by atoms with Crippen molar-refractivity contribution in [3.05, 3.63) is 83.4 Å². The third-order valence-corrected chi connectivity index (χ3v) is 5.10. The Morgan fingerprint density at radius 3 is 2.22 bits per heavy atom. The number of nitrogens with two attached hydrogens (primary N) is 1. The smallest absolute Gasteiger partial charge is 0.343 e. The summed E-state index contributed by atoms with van der Waals surface area (Å²) in [5.41, 5.74) is 7.47. The molecule has 2 amide bonds. The van der Waals surface area contributed by atoms with Gasteiger partial charge in [-0.05, 0) is 69.1 Å². The molecule has 190 valence electrons. The Morgan fingerprint density at radius 1 is 1.06 bits per heavy atom. The van der Waals surface area contributed by atoms with E-state index in [1.54, 1.807) is 67.6 Å². The standard InChI is InChI=1S/C27H33N5O4/c1-5-15-32(18-24(33)30-14-16-31(3)4)26(34)19(2)17-20-6-8-22(9-7-20)27(35)36-23-12-10-21(11-13-23)25(28)29/h5-13,17H,1,14-16,18H2,2-4H3,(H3,28,29)(H,30,33)/b19-17+. The van der Waals surface area contributed by atoms with E-state index in [1.165, 1.54) is 4.90 Å². The lowest BCUT2D eigenvalue weighted by Crippen LogP contribution is -2.42. The number of likely N-dealkylation sites (N-methyl/N-ethyl adjacent to an activating group) is 1. The Balaban J connectivity index is 2.01. The monoisotopic (exact) mass is 491 g/mol. The molecule has 0 fully saturated rings. The fraction of sp³-hybridized carbons (Fsp3) is 0.259. The van der Waals surface area contributed by atoms with Crippen molar-refractivity contribution in [2.75, 3.05) is 40.3 Å². The molecule has 36 heavy (non-hydrogen) atoms. The first-order chi connectivity index (χ1) is 17.1. The first-order valence-corrected chi connectivity index (χ1v) is 11.4. The molecule has 4 N–H and O–H groups in total.